The summed E-state index contributed by atoms with van der Waals surface area (Å²) in [6, 6.07) is 11.8. The highest BCUT2D eigenvalue weighted by molar-refractivity contribution is 6.39. The van der Waals surface area contributed by atoms with E-state index in [2.05, 4.69) is 5.32 Å². The molecule has 1 N–H and O–H groups in total. The summed E-state index contributed by atoms with van der Waals surface area (Å²) in [5.74, 6) is -0.814. The van der Waals surface area contributed by atoms with Crippen LogP contribution in [0.3, 0.4) is 0 Å². The summed E-state index contributed by atoms with van der Waals surface area (Å²) >= 11 is 0. The normalized spacial score (nSPS) is 16.8. The van der Waals surface area contributed by atoms with E-state index in [1.54, 1.807) is 30.3 Å². The molecule has 0 radical (unpaired) electrons. The van der Waals surface area contributed by atoms with E-state index < -0.39 is 17.8 Å². The maximum Gasteiger partial charge on any atom is 0.335 e. The van der Waals surface area contributed by atoms with E-state index >= 15 is 0 Å². The van der Waals surface area contributed by atoms with Gasteiger partial charge in [0.25, 0.3) is 11.8 Å². The van der Waals surface area contributed by atoms with Crippen LogP contribution >= 0.6 is 0 Å². The number of hydrogen-bond acceptors (Lipinski definition) is 4. The average molecular weight is 392 g/mol. The molecule has 1 atom stereocenters. The summed E-state index contributed by atoms with van der Waals surface area (Å²) in [4.78, 5) is 38.9. The van der Waals surface area contributed by atoms with Gasteiger partial charge in [0.2, 0.25) is 0 Å². The van der Waals surface area contributed by atoms with Crippen molar-refractivity contribution in [3.05, 3.63) is 64.7 Å². The Morgan fingerprint density at radius 1 is 1.07 bits per heavy atom. The topological polar surface area (TPSA) is 75.7 Å². The lowest BCUT2D eigenvalue weighted by molar-refractivity contribution is -0.122. The number of para-hydroxylation sites is 1. The van der Waals surface area contributed by atoms with Crippen LogP contribution in [-0.2, 0) is 9.59 Å². The van der Waals surface area contributed by atoms with E-state index in [9.17, 15) is 14.4 Å². The molecule has 1 saturated heterocycles. The molecule has 29 heavy (non-hydrogen) atoms. The number of imide groups is 2. The highest BCUT2D eigenvalue weighted by atomic mass is 16.5. The molecule has 1 aliphatic heterocycles. The molecule has 0 aliphatic carbocycles. The van der Waals surface area contributed by atoms with Crippen LogP contribution in [0.15, 0.2) is 48.0 Å². The van der Waals surface area contributed by atoms with Crippen LogP contribution in [0.25, 0.3) is 6.08 Å². The van der Waals surface area contributed by atoms with Crippen molar-refractivity contribution in [2.24, 2.45) is 0 Å². The molecule has 0 aromatic heterocycles. The first-order chi connectivity index (χ1) is 13.8. The maximum absolute atomic E-state index is 13.1. The van der Waals surface area contributed by atoms with Gasteiger partial charge in [0.1, 0.15) is 11.3 Å². The average Bonchev–Trinajstić information content (AvgIpc) is 2.65. The molecule has 1 fully saturated rings. The van der Waals surface area contributed by atoms with Gasteiger partial charge in [-0.3, -0.25) is 14.9 Å². The van der Waals surface area contributed by atoms with Crippen LogP contribution in [0.5, 0.6) is 5.75 Å². The highest BCUT2D eigenvalue weighted by Crippen LogP contribution is 2.27. The molecule has 6 nitrogen and oxygen atoms in total. The number of rotatable bonds is 5. The number of nitrogens with zero attached hydrogens (tertiary/aromatic N) is 1. The van der Waals surface area contributed by atoms with Gasteiger partial charge < -0.3 is 4.74 Å². The van der Waals surface area contributed by atoms with E-state index in [0.717, 1.165) is 22.4 Å². The van der Waals surface area contributed by atoms with E-state index in [-0.39, 0.29) is 11.7 Å². The fourth-order valence-electron chi connectivity index (χ4n) is 3.13. The molecule has 1 heterocycles. The maximum atomic E-state index is 13.1. The van der Waals surface area contributed by atoms with Crippen molar-refractivity contribution in [3.63, 3.8) is 0 Å². The van der Waals surface area contributed by atoms with Crippen molar-refractivity contribution < 1.29 is 19.1 Å². The highest BCUT2D eigenvalue weighted by Gasteiger charge is 2.37. The summed E-state index contributed by atoms with van der Waals surface area (Å²) in [5.41, 5.74) is 2.73. The molecule has 2 aromatic carbocycles. The number of carbonyl (C=O) groups excluding carboxylic acids is 3. The number of benzene rings is 2. The van der Waals surface area contributed by atoms with E-state index in [0.29, 0.717) is 17.0 Å². The molecule has 6 heteroatoms. The summed E-state index contributed by atoms with van der Waals surface area (Å²) in [5, 5.41) is 2.26. The first kappa shape index (κ1) is 20.3. The third kappa shape index (κ3) is 4.37. The minimum atomic E-state index is -0.758. The molecule has 0 bridgehead atoms. The smallest absolute Gasteiger partial charge is 0.335 e. The minimum absolute atomic E-state index is 0.0150. The minimum Gasteiger partial charge on any atom is -0.490 e. The van der Waals surface area contributed by atoms with Crippen LogP contribution in [0.4, 0.5) is 10.5 Å². The molecule has 2 aromatic rings. The van der Waals surface area contributed by atoms with Gasteiger partial charge in [-0.2, -0.15) is 0 Å². The van der Waals surface area contributed by atoms with Gasteiger partial charge in [0.05, 0.1) is 11.8 Å². The predicted molar refractivity (Wildman–Crippen MR) is 112 cm³/mol. The number of amides is 4. The fourth-order valence-corrected chi connectivity index (χ4v) is 3.13. The van der Waals surface area contributed by atoms with Crippen LogP contribution in [0.1, 0.15) is 37.0 Å². The SMILES string of the molecule is CC[C@@H](C)Oc1ccccc1/C=C1\C(=O)NC(=O)N(c2cc(C)cc(C)c2)C1=O. The molecule has 4 amide bonds. The fraction of sp³-hybridized carbons (Fsp3) is 0.261. The molecular formula is C23H24N2O4. The lowest BCUT2D eigenvalue weighted by atomic mass is 10.0. The molecule has 1 aliphatic rings. The number of barbiturate groups is 1. The largest absolute Gasteiger partial charge is 0.490 e. The number of hydrogen-bond donors (Lipinski definition) is 1. The summed E-state index contributed by atoms with van der Waals surface area (Å²) in [6.45, 7) is 7.72. The summed E-state index contributed by atoms with van der Waals surface area (Å²) in [7, 11) is 0. The Balaban J connectivity index is 2.02. The molecule has 0 spiro atoms. The zero-order valence-corrected chi connectivity index (χ0v) is 17.0. The zero-order valence-electron chi connectivity index (χ0n) is 17.0. The Morgan fingerprint density at radius 3 is 2.38 bits per heavy atom. The van der Waals surface area contributed by atoms with E-state index in [1.165, 1.54) is 6.08 Å². The Morgan fingerprint density at radius 2 is 1.72 bits per heavy atom. The van der Waals surface area contributed by atoms with Gasteiger partial charge >= 0.3 is 6.03 Å². The Kier molecular flexibility index (Phi) is 5.82. The number of nitrogens with one attached hydrogen (secondary N) is 1. The van der Waals surface area contributed by atoms with Gasteiger partial charge in [-0.25, -0.2) is 9.69 Å². The lowest BCUT2D eigenvalue weighted by Gasteiger charge is -2.27. The van der Waals surface area contributed by atoms with Gasteiger partial charge in [-0.05, 0) is 62.6 Å². The van der Waals surface area contributed by atoms with Gasteiger partial charge in [0.15, 0.2) is 0 Å². The van der Waals surface area contributed by atoms with Gasteiger partial charge in [0, 0.05) is 5.56 Å². The second kappa shape index (κ2) is 8.31. The first-order valence-electron chi connectivity index (χ1n) is 9.55. The van der Waals surface area contributed by atoms with Crippen LogP contribution in [-0.4, -0.2) is 23.9 Å². The predicted octanol–water partition coefficient (Wildman–Crippen LogP) is 4.15. The Bertz CT molecular complexity index is 989. The number of carbonyl (C=O) groups is 3. The standard InChI is InChI=1S/C23H24N2O4/c1-5-16(4)29-20-9-7-6-8-17(20)13-19-21(26)24-23(28)25(22(19)27)18-11-14(2)10-15(3)12-18/h6-13,16H,5H2,1-4H3,(H,24,26,28)/b19-13+/t16-/m1/s1. The van der Waals surface area contributed by atoms with E-state index in [4.69, 9.17) is 4.74 Å². The summed E-state index contributed by atoms with van der Waals surface area (Å²) < 4.78 is 5.90. The van der Waals surface area contributed by atoms with Crippen molar-refractivity contribution in [1.29, 1.82) is 0 Å². The van der Waals surface area contributed by atoms with Crippen molar-refractivity contribution >= 4 is 29.6 Å². The number of aryl methyl sites for hydroxylation is 2. The van der Waals surface area contributed by atoms with Crippen molar-refractivity contribution in [2.75, 3.05) is 4.90 Å². The number of ether oxygens (including phenoxy) is 1. The van der Waals surface area contributed by atoms with Crippen molar-refractivity contribution in [1.82, 2.24) is 5.32 Å². The van der Waals surface area contributed by atoms with E-state index in [1.807, 2.05) is 39.8 Å². The van der Waals surface area contributed by atoms with Gasteiger partial charge in [-0.1, -0.05) is 31.2 Å². The Hall–Kier alpha value is -3.41. The lowest BCUT2D eigenvalue weighted by Crippen LogP contribution is -2.54. The quantitative estimate of drug-likeness (QED) is 0.613. The van der Waals surface area contributed by atoms with Gasteiger partial charge in [-0.15, -0.1) is 0 Å². The molecule has 150 valence electrons. The monoisotopic (exact) mass is 392 g/mol. The second-order valence-electron chi connectivity index (χ2n) is 7.18. The van der Waals surface area contributed by atoms with Crippen LogP contribution < -0.4 is 15.0 Å². The molecule has 3 rings (SSSR count). The Labute approximate surface area is 170 Å². The summed E-state index contributed by atoms with van der Waals surface area (Å²) in [6.07, 6.45) is 2.27. The molecular weight excluding hydrogens is 368 g/mol. The zero-order chi connectivity index (χ0) is 21.1. The third-order valence-corrected chi connectivity index (χ3v) is 4.69. The second-order valence-corrected chi connectivity index (χ2v) is 7.18. The molecule has 0 unspecified atom stereocenters. The van der Waals surface area contributed by atoms with Crippen molar-refractivity contribution in [2.45, 2.75) is 40.2 Å². The van der Waals surface area contributed by atoms with Crippen LogP contribution in [0, 0.1) is 13.8 Å². The number of anilines is 1. The van der Waals surface area contributed by atoms with Crippen molar-refractivity contribution in [3.8, 4) is 5.75 Å². The number of urea groups is 1. The first-order valence-corrected chi connectivity index (χ1v) is 9.55. The third-order valence-electron chi connectivity index (χ3n) is 4.69. The molecule has 0 saturated carbocycles. The van der Waals surface area contributed by atoms with Crippen LogP contribution in [0.2, 0.25) is 0 Å².